The van der Waals surface area contributed by atoms with E-state index in [0.29, 0.717) is 68.7 Å². The minimum absolute atomic E-state index is 0.505. The Hall–Kier alpha value is -3.11. The van der Waals surface area contributed by atoms with Crippen molar-refractivity contribution < 1.29 is 18.8 Å². The summed E-state index contributed by atoms with van der Waals surface area (Å²) < 4.78 is 17.8. The topological polar surface area (TPSA) is 88.0 Å². The molecular weight excluding hydrogens is 587 g/mol. The summed E-state index contributed by atoms with van der Waals surface area (Å²) in [6, 6.07) is 20.0. The predicted octanol–water partition coefficient (Wildman–Crippen LogP) is 7.01. The van der Waals surface area contributed by atoms with Crippen molar-refractivity contribution in [3.8, 4) is 28.5 Å². The van der Waals surface area contributed by atoms with Crippen LogP contribution in [-0.4, -0.2) is 63.6 Å². The molecule has 0 bridgehead atoms. The molecule has 0 aliphatic carbocycles. The predicted molar refractivity (Wildman–Crippen MR) is 159 cm³/mol. The van der Waals surface area contributed by atoms with E-state index in [2.05, 4.69) is 19.9 Å². The highest BCUT2D eigenvalue weighted by Crippen LogP contribution is 2.34. The van der Waals surface area contributed by atoms with E-state index in [0.717, 1.165) is 24.4 Å². The lowest BCUT2D eigenvalue weighted by molar-refractivity contribution is -0.0756. The van der Waals surface area contributed by atoms with Crippen LogP contribution in [0, 0.1) is 0 Å². The maximum absolute atomic E-state index is 10.6. The van der Waals surface area contributed by atoms with Gasteiger partial charge in [-0.25, -0.2) is 4.98 Å². The highest BCUT2D eigenvalue weighted by atomic mass is 35.5. The summed E-state index contributed by atoms with van der Waals surface area (Å²) in [6.07, 6.45) is -1.23. The highest BCUT2D eigenvalue weighted by molar-refractivity contribution is 6.39. The molecule has 0 radical (unpaired) electrons. The summed E-state index contributed by atoms with van der Waals surface area (Å²) in [6.45, 7) is 5.28. The van der Waals surface area contributed by atoms with E-state index in [4.69, 9.17) is 48.5 Å². The molecule has 5 aromatic rings. The smallest absolute Gasteiger partial charge is 0.227 e. The molecule has 11 heteroatoms. The van der Waals surface area contributed by atoms with Crippen molar-refractivity contribution in [3.63, 3.8) is 0 Å². The lowest BCUT2D eigenvalue weighted by atomic mass is 10.1. The van der Waals surface area contributed by atoms with Crippen LogP contribution in [0.15, 0.2) is 75.7 Å². The maximum Gasteiger partial charge on any atom is 0.227 e. The van der Waals surface area contributed by atoms with Gasteiger partial charge in [0, 0.05) is 54.5 Å². The first-order valence-corrected chi connectivity index (χ1v) is 14.3. The van der Waals surface area contributed by atoms with Crippen LogP contribution in [-0.2, 0) is 6.54 Å². The number of aromatic nitrogens is 2. The largest absolute Gasteiger partial charge is 0.472 e. The van der Waals surface area contributed by atoms with Crippen LogP contribution in [0.4, 0.5) is 0 Å². The van der Waals surface area contributed by atoms with Gasteiger partial charge in [-0.3, -0.25) is 9.80 Å². The third-order valence-electron chi connectivity index (χ3n) is 7.04. The van der Waals surface area contributed by atoms with Crippen LogP contribution in [0.5, 0.6) is 5.75 Å². The summed E-state index contributed by atoms with van der Waals surface area (Å²) in [4.78, 5) is 9.03. The van der Waals surface area contributed by atoms with Gasteiger partial charge in [0.25, 0.3) is 0 Å². The van der Waals surface area contributed by atoms with Crippen molar-refractivity contribution in [1.29, 1.82) is 0 Å². The van der Waals surface area contributed by atoms with Crippen molar-refractivity contribution in [2.24, 2.45) is 0 Å². The first kappa shape index (κ1) is 28.0. The van der Waals surface area contributed by atoms with Crippen LogP contribution in [0.2, 0.25) is 15.1 Å². The van der Waals surface area contributed by atoms with Crippen molar-refractivity contribution >= 4 is 45.9 Å². The number of rotatable bonds is 8. The fraction of sp³-hybridized carbons (Fsp3) is 0.267. The molecule has 2 atom stereocenters. The van der Waals surface area contributed by atoms with E-state index in [1.165, 1.54) is 0 Å². The number of aliphatic hydroxyl groups is 1. The number of hydrogen-bond acceptors (Lipinski definition) is 8. The fourth-order valence-corrected chi connectivity index (χ4v) is 5.68. The molecule has 41 heavy (non-hydrogen) atoms. The van der Waals surface area contributed by atoms with Crippen molar-refractivity contribution in [2.45, 2.75) is 25.8 Å². The Morgan fingerprint density at radius 1 is 0.951 bits per heavy atom. The number of benzene rings is 3. The second kappa shape index (κ2) is 12.0. The molecule has 1 aliphatic rings. The van der Waals surface area contributed by atoms with Gasteiger partial charge in [-0.1, -0.05) is 46.0 Å². The third kappa shape index (κ3) is 6.23. The number of piperazine rings is 1. The molecule has 212 valence electrons. The van der Waals surface area contributed by atoms with E-state index in [1.54, 1.807) is 37.3 Å². The number of fused-ring (bicyclic) bond motifs is 1. The van der Waals surface area contributed by atoms with Gasteiger partial charge in [0.2, 0.25) is 5.89 Å². The van der Waals surface area contributed by atoms with Gasteiger partial charge in [-0.15, -0.1) is 0 Å². The second-order valence-electron chi connectivity index (χ2n) is 9.99. The number of ether oxygens (including phenoxy) is 1. The Labute approximate surface area is 252 Å². The van der Waals surface area contributed by atoms with Crippen LogP contribution in [0.25, 0.3) is 33.8 Å². The van der Waals surface area contributed by atoms with Crippen molar-refractivity contribution in [1.82, 2.24) is 19.9 Å². The standard InChI is InChI=1S/C30H27Cl3N4O4/c1-18(38)30(39-21-9-10-27-25(15-21)34-29(40-27)19-5-7-20(31)8-6-19)37-13-11-36(12-14-37)17-22-16-26(35-41-22)28-23(32)3-2-4-24(28)33/h2-10,15-16,18,30,38H,11-14,17H2,1H3/t18-,30?/m1/s1. The van der Waals surface area contributed by atoms with Gasteiger partial charge in [-0.2, -0.15) is 0 Å². The lowest BCUT2D eigenvalue weighted by Crippen LogP contribution is -2.55. The number of halogens is 3. The maximum atomic E-state index is 10.6. The Morgan fingerprint density at radius 2 is 1.68 bits per heavy atom. The summed E-state index contributed by atoms with van der Waals surface area (Å²) in [5, 5.41) is 16.5. The van der Waals surface area contributed by atoms with Gasteiger partial charge >= 0.3 is 0 Å². The monoisotopic (exact) mass is 612 g/mol. The van der Waals surface area contributed by atoms with E-state index in [9.17, 15) is 5.11 Å². The molecular formula is C30H27Cl3N4O4. The molecule has 6 rings (SSSR count). The van der Waals surface area contributed by atoms with Crippen LogP contribution in [0.1, 0.15) is 12.7 Å². The Balaban J connectivity index is 1.09. The zero-order chi connectivity index (χ0) is 28.5. The number of oxazole rings is 1. The zero-order valence-corrected chi connectivity index (χ0v) is 24.4. The summed E-state index contributed by atoms with van der Waals surface area (Å²) in [5.74, 6) is 1.84. The average Bonchev–Trinajstić information content (AvgIpc) is 3.59. The Morgan fingerprint density at radius 3 is 2.39 bits per heavy atom. The molecule has 1 unspecified atom stereocenters. The number of aliphatic hydroxyl groups excluding tert-OH is 1. The van der Waals surface area contributed by atoms with E-state index in [-0.39, 0.29) is 0 Å². The van der Waals surface area contributed by atoms with E-state index < -0.39 is 12.3 Å². The minimum atomic E-state index is -0.712. The second-order valence-corrected chi connectivity index (χ2v) is 11.2. The quantitative estimate of drug-likeness (QED) is 0.200. The first-order valence-electron chi connectivity index (χ1n) is 13.2. The normalized spacial score (nSPS) is 16.2. The van der Waals surface area contributed by atoms with Crippen LogP contribution in [0.3, 0.4) is 0 Å². The average molecular weight is 614 g/mol. The molecule has 8 nitrogen and oxygen atoms in total. The number of nitrogens with zero attached hydrogens (tertiary/aromatic N) is 4. The molecule has 1 aliphatic heterocycles. The molecule has 1 saturated heterocycles. The van der Waals surface area contributed by atoms with E-state index >= 15 is 0 Å². The van der Waals surface area contributed by atoms with Crippen LogP contribution >= 0.6 is 34.8 Å². The van der Waals surface area contributed by atoms with E-state index in [1.807, 2.05) is 36.4 Å². The lowest BCUT2D eigenvalue weighted by Gasteiger charge is -2.39. The summed E-state index contributed by atoms with van der Waals surface area (Å²) in [7, 11) is 0. The van der Waals surface area contributed by atoms with Gasteiger partial charge < -0.3 is 18.8 Å². The Kier molecular flexibility index (Phi) is 8.21. The molecule has 0 amide bonds. The molecule has 0 spiro atoms. The molecule has 3 heterocycles. The number of hydrogen-bond donors (Lipinski definition) is 1. The summed E-state index contributed by atoms with van der Waals surface area (Å²) >= 11 is 18.7. The van der Waals surface area contributed by atoms with Crippen molar-refractivity contribution in [3.05, 3.63) is 87.6 Å². The molecule has 2 aromatic heterocycles. The SMILES string of the molecule is C[C@@H](O)C(Oc1ccc2oc(-c3ccc(Cl)cc3)nc2c1)N1CCN(Cc2cc(-c3c(Cl)cccc3Cl)no2)CC1. The van der Waals surface area contributed by atoms with Gasteiger partial charge in [0.15, 0.2) is 17.6 Å². The fourth-order valence-electron chi connectivity index (χ4n) is 4.96. The summed E-state index contributed by atoms with van der Waals surface area (Å²) in [5.41, 5.74) is 3.43. The molecule has 1 fully saturated rings. The highest BCUT2D eigenvalue weighted by Gasteiger charge is 2.29. The van der Waals surface area contributed by atoms with Crippen LogP contribution < -0.4 is 4.74 Å². The molecule has 3 aromatic carbocycles. The first-order chi connectivity index (χ1) is 19.8. The Bertz CT molecular complexity index is 1630. The molecule has 0 saturated carbocycles. The van der Waals surface area contributed by atoms with Gasteiger partial charge in [0.05, 0.1) is 16.6 Å². The van der Waals surface area contributed by atoms with Gasteiger partial charge in [-0.05, 0) is 55.5 Å². The third-order valence-corrected chi connectivity index (χ3v) is 7.93. The molecule has 1 N–H and O–H groups in total. The van der Waals surface area contributed by atoms with Gasteiger partial charge in [0.1, 0.15) is 23.1 Å². The zero-order valence-electron chi connectivity index (χ0n) is 22.1. The van der Waals surface area contributed by atoms with Crippen molar-refractivity contribution in [2.75, 3.05) is 26.2 Å². The minimum Gasteiger partial charge on any atom is -0.472 e.